The second-order valence-corrected chi connectivity index (χ2v) is 5.96. The Morgan fingerprint density at radius 2 is 2.06 bits per heavy atom. The smallest absolute Gasteiger partial charge is 0.164 e. The molecule has 1 aromatic rings. The standard InChI is InChI=1S/C16H25NO/c1-12(2)7-4-5-10-17-13(3)11-14-15(17)8-6-9-16(14)18/h11-12H,4-10H2,1-3H3. The number of hydrogen-bond donors (Lipinski definition) is 0. The molecule has 18 heavy (non-hydrogen) atoms. The van der Waals surface area contributed by atoms with Gasteiger partial charge >= 0.3 is 0 Å². The van der Waals surface area contributed by atoms with Gasteiger partial charge in [0.15, 0.2) is 5.78 Å². The summed E-state index contributed by atoms with van der Waals surface area (Å²) >= 11 is 0. The monoisotopic (exact) mass is 247 g/mol. The first-order chi connectivity index (χ1) is 8.59. The highest BCUT2D eigenvalue weighted by Gasteiger charge is 2.22. The predicted molar refractivity (Wildman–Crippen MR) is 75.1 cm³/mol. The number of aromatic nitrogens is 1. The molecule has 0 fully saturated rings. The average molecular weight is 247 g/mol. The molecule has 0 saturated carbocycles. The number of nitrogens with zero attached hydrogens (tertiary/aromatic N) is 1. The van der Waals surface area contributed by atoms with Crippen LogP contribution in [0.2, 0.25) is 0 Å². The van der Waals surface area contributed by atoms with Gasteiger partial charge in [-0.3, -0.25) is 4.79 Å². The molecular weight excluding hydrogens is 222 g/mol. The summed E-state index contributed by atoms with van der Waals surface area (Å²) in [6, 6.07) is 2.10. The summed E-state index contributed by atoms with van der Waals surface area (Å²) in [5.74, 6) is 1.14. The molecule has 0 bridgehead atoms. The summed E-state index contributed by atoms with van der Waals surface area (Å²) < 4.78 is 2.38. The molecule has 0 atom stereocenters. The van der Waals surface area contributed by atoms with Crippen LogP contribution in [0.4, 0.5) is 0 Å². The van der Waals surface area contributed by atoms with E-state index in [2.05, 4.69) is 31.4 Å². The molecule has 0 radical (unpaired) electrons. The number of carbonyl (C=O) groups excluding carboxylic acids is 1. The van der Waals surface area contributed by atoms with E-state index in [1.165, 1.54) is 30.7 Å². The van der Waals surface area contributed by atoms with Gasteiger partial charge in [-0.15, -0.1) is 0 Å². The van der Waals surface area contributed by atoms with Crippen LogP contribution in [-0.2, 0) is 13.0 Å². The zero-order valence-electron chi connectivity index (χ0n) is 12.0. The molecule has 0 aliphatic heterocycles. The van der Waals surface area contributed by atoms with Gasteiger partial charge in [-0.25, -0.2) is 0 Å². The zero-order valence-corrected chi connectivity index (χ0v) is 12.0. The third-order valence-corrected chi connectivity index (χ3v) is 3.95. The van der Waals surface area contributed by atoms with Gasteiger partial charge in [0, 0.05) is 29.9 Å². The predicted octanol–water partition coefficient (Wildman–Crippen LogP) is 4.14. The summed E-state index contributed by atoms with van der Waals surface area (Å²) in [5, 5.41) is 0. The molecule has 0 aromatic carbocycles. The van der Waals surface area contributed by atoms with Crippen molar-refractivity contribution in [1.29, 1.82) is 0 Å². The Kier molecular flexibility index (Phi) is 4.26. The molecule has 0 spiro atoms. The average Bonchev–Trinajstić information content (AvgIpc) is 2.63. The highest BCUT2D eigenvalue weighted by Crippen LogP contribution is 2.25. The van der Waals surface area contributed by atoms with Crippen molar-refractivity contribution in [3.63, 3.8) is 0 Å². The molecule has 0 saturated heterocycles. The van der Waals surface area contributed by atoms with Gasteiger partial charge in [0.2, 0.25) is 0 Å². The Balaban J connectivity index is 2.02. The lowest BCUT2D eigenvalue weighted by molar-refractivity contribution is 0.0971. The molecule has 1 aliphatic carbocycles. The summed E-state index contributed by atoms with van der Waals surface area (Å²) in [4.78, 5) is 11.9. The number of hydrogen-bond acceptors (Lipinski definition) is 1. The molecular formula is C16H25NO. The molecule has 2 rings (SSSR count). The number of aryl methyl sites for hydroxylation is 1. The SMILES string of the molecule is Cc1cc2c(n1CCCCC(C)C)CCCC2=O. The fraction of sp³-hybridized carbons (Fsp3) is 0.688. The maximum Gasteiger partial charge on any atom is 0.164 e. The molecule has 100 valence electrons. The molecule has 1 aromatic heterocycles. The number of rotatable bonds is 5. The van der Waals surface area contributed by atoms with Gasteiger partial charge in [-0.2, -0.15) is 0 Å². The van der Waals surface area contributed by atoms with Crippen LogP contribution in [0, 0.1) is 12.8 Å². The van der Waals surface area contributed by atoms with Crippen molar-refractivity contribution in [1.82, 2.24) is 4.57 Å². The summed E-state index contributed by atoms with van der Waals surface area (Å²) in [7, 11) is 0. The first-order valence-corrected chi connectivity index (χ1v) is 7.31. The maximum atomic E-state index is 11.9. The van der Waals surface area contributed by atoms with Crippen molar-refractivity contribution in [3.8, 4) is 0 Å². The number of carbonyl (C=O) groups is 1. The van der Waals surface area contributed by atoms with Crippen LogP contribution in [0.15, 0.2) is 6.07 Å². The van der Waals surface area contributed by atoms with Gasteiger partial charge < -0.3 is 4.57 Å². The van der Waals surface area contributed by atoms with Gasteiger partial charge in [-0.05, 0) is 38.2 Å². The lowest BCUT2D eigenvalue weighted by Crippen LogP contribution is -2.13. The highest BCUT2D eigenvalue weighted by atomic mass is 16.1. The van der Waals surface area contributed by atoms with E-state index in [9.17, 15) is 4.79 Å². The minimum Gasteiger partial charge on any atom is -0.348 e. The maximum absolute atomic E-state index is 11.9. The minimum atomic E-state index is 0.347. The van der Waals surface area contributed by atoms with Crippen LogP contribution >= 0.6 is 0 Å². The fourth-order valence-corrected chi connectivity index (χ4v) is 2.92. The Morgan fingerprint density at radius 1 is 1.28 bits per heavy atom. The lowest BCUT2D eigenvalue weighted by atomic mass is 9.96. The van der Waals surface area contributed by atoms with E-state index in [1.807, 2.05) is 0 Å². The zero-order chi connectivity index (χ0) is 13.1. The van der Waals surface area contributed by atoms with Crippen LogP contribution in [0.25, 0.3) is 0 Å². The molecule has 1 aliphatic rings. The van der Waals surface area contributed by atoms with E-state index in [1.54, 1.807) is 0 Å². The van der Waals surface area contributed by atoms with Gasteiger partial charge in [0.1, 0.15) is 0 Å². The molecule has 2 heteroatoms. The second-order valence-electron chi connectivity index (χ2n) is 5.96. The van der Waals surface area contributed by atoms with Crippen LogP contribution in [-0.4, -0.2) is 10.4 Å². The van der Waals surface area contributed by atoms with E-state index in [0.29, 0.717) is 5.78 Å². The Labute approximate surface area is 110 Å². The van der Waals surface area contributed by atoms with Gasteiger partial charge in [-0.1, -0.05) is 26.7 Å². The van der Waals surface area contributed by atoms with E-state index in [4.69, 9.17) is 0 Å². The summed E-state index contributed by atoms with van der Waals surface area (Å²) in [5.41, 5.74) is 3.57. The van der Waals surface area contributed by atoms with Crippen molar-refractivity contribution >= 4 is 5.78 Å². The van der Waals surface area contributed by atoms with Crippen molar-refractivity contribution in [2.75, 3.05) is 0 Å². The number of unbranched alkanes of at least 4 members (excludes halogenated alkanes) is 1. The van der Waals surface area contributed by atoms with Crippen molar-refractivity contribution in [2.24, 2.45) is 5.92 Å². The minimum absolute atomic E-state index is 0.347. The van der Waals surface area contributed by atoms with Crippen LogP contribution in [0.5, 0.6) is 0 Å². The van der Waals surface area contributed by atoms with E-state index < -0.39 is 0 Å². The van der Waals surface area contributed by atoms with Crippen LogP contribution in [0.1, 0.15) is 67.7 Å². The number of fused-ring (bicyclic) bond motifs is 1. The molecule has 2 nitrogen and oxygen atoms in total. The Hall–Kier alpha value is -1.05. The highest BCUT2D eigenvalue weighted by molar-refractivity contribution is 5.98. The Bertz CT molecular complexity index is 429. The third-order valence-electron chi connectivity index (χ3n) is 3.95. The Morgan fingerprint density at radius 3 is 2.78 bits per heavy atom. The molecule has 0 unspecified atom stereocenters. The quantitative estimate of drug-likeness (QED) is 0.717. The largest absolute Gasteiger partial charge is 0.348 e. The van der Waals surface area contributed by atoms with Crippen molar-refractivity contribution in [3.05, 3.63) is 23.0 Å². The molecule has 1 heterocycles. The van der Waals surface area contributed by atoms with Crippen LogP contribution < -0.4 is 0 Å². The van der Waals surface area contributed by atoms with Crippen molar-refractivity contribution in [2.45, 2.75) is 65.8 Å². The van der Waals surface area contributed by atoms with Crippen molar-refractivity contribution < 1.29 is 4.79 Å². The van der Waals surface area contributed by atoms with E-state index in [-0.39, 0.29) is 0 Å². The number of ketones is 1. The van der Waals surface area contributed by atoms with Gasteiger partial charge in [0.25, 0.3) is 0 Å². The van der Waals surface area contributed by atoms with E-state index >= 15 is 0 Å². The summed E-state index contributed by atoms with van der Waals surface area (Å²) in [6.07, 6.45) is 6.68. The molecule has 0 N–H and O–H groups in total. The first-order valence-electron chi connectivity index (χ1n) is 7.31. The third kappa shape index (κ3) is 2.85. The fourth-order valence-electron chi connectivity index (χ4n) is 2.92. The second kappa shape index (κ2) is 5.73. The summed E-state index contributed by atoms with van der Waals surface area (Å²) in [6.45, 7) is 7.78. The van der Waals surface area contributed by atoms with E-state index in [0.717, 1.165) is 37.3 Å². The topological polar surface area (TPSA) is 22.0 Å². The number of Topliss-reactive ketones (excluding diaryl/α,β-unsaturated/α-hetero) is 1. The first kappa shape index (κ1) is 13.4. The lowest BCUT2D eigenvalue weighted by Gasteiger charge is -2.16. The van der Waals surface area contributed by atoms with Gasteiger partial charge in [0.05, 0.1) is 0 Å². The molecule has 0 amide bonds. The normalized spacial score (nSPS) is 15.2. The van der Waals surface area contributed by atoms with Crippen LogP contribution in [0.3, 0.4) is 0 Å².